The molecule has 1 aliphatic heterocycles. The van der Waals surface area contributed by atoms with Crippen LogP contribution in [0.5, 0.6) is 0 Å². The molecule has 2 heterocycles. The van der Waals surface area contributed by atoms with Crippen LogP contribution in [0.2, 0.25) is 0 Å². The molecule has 2 N–H and O–H groups in total. The maximum atomic E-state index is 13.1. The van der Waals surface area contributed by atoms with Crippen LogP contribution in [0.4, 0.5) is 0 Å². The first-order chi connectivity index (χ1) is 13.7. The maximum Gasteiger partial charge on any atom is 0.268 e. The Morgan fingerprint density at radius 2 is 2.00 bits per heavy atom. The first-order valence-corrected chi connectivity index (χ1v) is 10.1. The fourth-order valence-corrected chi connectivity index (χ4v) is 3.70. The Morgan fingerprint density at radius 1 is 1.21 bits per heavy atom. The van der Waals surface area contributed by atoms with Crippen molar-refractivity contribution in [1.29, 1.82) is 0 Å². The second-order valence-corrected chi connectivity index (χ2v) is 7.59. The van der Waals surface area contributed by atoms with Crippen molar-refractivity contribution >= 4 is 11.8 Å². The number of fused-ring (bicyclic) bond motifs is 1. The van der Waals surface area contributed by atoms with Crippen LogP contribution in [0.25, 0.3) is 0 Å². The third kappa shape index (κ3) is 3.97. The number of amides is 2. The van der Waals surface area contributed by atoms with E-state index in [4.69, 9.17) is 4.74 Å². The quantitative estimate of drug-likeness (QED) is 0.774. The smallest absolute Gasteiger partial charge is 0.268 e. The van der Waals surface area contributed by atoms with Crippen LogP contribution >= 0.6 is 0 Å². The fourth-order valence-electron chi connectivity index (χ4n) is 3.70. The highest BCUT2D eigenvalue weighted by Crippen LogP contribution is 2.28. The van der Waals surface area contributed by atoms with Gasteiger partial charge in [-0.15, -0.1) is 0 Å². The van der Waals surface area contributed by atoms with E-state index in [1.807, 2.05) is 34.9 Å². The molecule has 0 saturated heterocycles. The molecule has 1 aromatic heterocycles. The van der Waals surface area contributed by atoms with Crippen molar-refractivity contribution in [3.63, 3.8) is 0 Å². The molecule has 4 rings (SSSR count). The van der Waals surface area contributed by atoms with E-state index < -0.39 is 0 Å². The highest BCUT2D eigenvalue weighted by atomic mass is 16.5. The summed E-state index contributed by atoms with van der Waals surface area (Å²) in [6, 6.07) is 11.6. The van der Waals surface area contributed by atoms with E-state index in [1.54, 1.807) is 6.07 Å². The van der Waals surface area contributed by atoms with Gasteiger partial charge in [0.05, 0.1) is 30.5 Å². The van der Waals surface area contributed by atoms with E-state index >= 15 is 0 Å². The normalized spacial score (nSPS) is 16.9. The molecule has 1 saturated carbocycles. The number of aromatic nitrogens is 1. The third-order valence-corrected chi connectivity index (χ3v) is 5.55. The molecule has 1 fully saturated rings. The van der Waals surface area contributed by atoms with Crippen molar-refractivity contribution in [2.24, 2.45) is 5.92 Å². The van der Waals surface area contributed by atoms with Crippen LogP contribution in [0.1, 0.15) is 64.3 Å². The van der Waals surface area contributed by atoms with Crippen LogP contribution in [-0.4, -0.2) is 29.5 Å². The lowest BCUT2D eigenvalue weighted by Crippen LogP contribution is -2.31. The van der Waals surface area contributed by atoms with E-state index in [0.717, 1.165) is 17.7 Å². The van der Waals surface area contributed by atoms with E-state index in [2.05, 4.69) is 17.6 Å². The molecule has 2 amide bonds. The van der Waals surface area contributed by atoms with Gasteiger partial charge in [-0.25, -0.2) is 0 Å². The molecule has 1 aromatic carbocycles. The Kier molecular flexibility index (Phi) is 5.48. The molecular weight excluding hydrogens is 354 g/mol. The van der Waals surface area contributed by atoms with Crippen molar-refractivity contribution in [2.45, 2.75) is 45.4 Å². The largest absolute Gasteiger partial charge is 0.373 e. The first-order valence-electron chi connectivity index (χ1n) is 10.1. The molecule has 0 radical (unpaired) electrons. The zero-order valence-electron chi connectivity index (χ0n) is 16.2. The van der Waals surface area contributed by atoms with Gasteiger partial charge in [-0.2, -0.15) is 0 Å². The summed E-state index contributed by atoms with van der Waals surface area (Å²) in [6.07, 6.45) is 3.16. The number of hydrogen-bond acceptors (Lipinski definition) is 3. The van der Waals surface area contributed by atoms with Gasteiger partial charge in [0.1, 0.15) is 5.69 Å². The highest BCUT2D eigenvalue weighted by Gasteiger charge is 2.28. The Morgan fingerprint density at radius 3 is 2.71 bits per heavy atom. The standard InChI is InChI=1S/C22H27N3O3/c1-2-18(16-6-4-3-5-7-16)24-22(27)19-12-17(20-14-28-11-10-25(19)20)21(26)23-13-15-8-9-15/h3-7,12,15,18H,2,8-11,13-14H2,1H3,(H,23,26)(H,24,27). The lowest BCUT2D eigenvalue weighted by molar-refractivity contribution is 0.0775. The monoisotopic (exact) mass is 381 g/mol. The van der Waals surface area contributed by atoms with Crippen LogP contribution in [0, 0.1) is 5.92 Å². The number of ether oxygens (including phenoxy) is 1. The summed E-state index contributed by atoms with van der Waals surface area (Å²) in [5.74, 6) is 0.341. The molecular formula is C22H27N3O3. The van der Waals surface area contributed by atoms with Crippen LogP contribution in [0.15, 0.2) is 36.4 Å². The molecule has 1 unspecified atom stereocenters. The molecule has 148 valence electrons. The minimum absolute atomic E-state index is 0.0631. The minimum atomic E-state index is -0.153. The first kappa shape index (κ1) is 18.7. The van der Waals surface area contributed by atoms with E-state index in [9.17, 15) is 9.59 Å². The molecule has 1 aliphatic carbocycles. The van der Waals surface area contributed by atoms with Gasteiger partial charge in [0, 0.05) is 13.1 Å². The van der Waals surface area contributed by atoms with Gasteiger partial charge in [-0.3, -0.25) is 9.59 Å². The molecule has 6 nitrogen and oxygen atoms in total. The summed E-state index contributed by atoms with van der Waals surface area (Å²) in [4.78, 5) is 25.7. The minimum Gasteiger partial charge on any atom is -0.373 e. The lowest BCUT2D eigenvalue weighted by Gasteiger charge is -2.21. The van der Waals surface area contributed by atoms with Gasteiger partial charge in [0.15, 0.2) is 0 Å². The molecule has 2 aliphatic rings. The van der Waals surface area contributed by atoms with Crippen LogP contribution < -0.4 is 10.6 Å². The molecule has 2 aromatic rings. The zero-order chi connectivity index (χ0) is 19.5. The second-order valence-electron chi connectivity index (χ2n) is 7.59. The van der Waals surface area contributed by atoms with Gasteiger partial charge in [-0.05, 0) is 36.8 Å². The SMILES string of the molecule is CCC(NC(=O)c1cc(C(=O)NCC2CC2)c2n1CCOC2)c1ccccc1. The van der Waals surface area contributed by atoms with Crippen molar-refractivity contribution < 1.29 is 14.3 Å². The Balaban J connectivity index is 1.56. The van der Waals surface area contributed by atoms with Crippen molar-refractivity contribution in [1.82, 2.24) is 15.2 Å². The maximum absolute atomic E-state index is 13.1. The molecule has 0 bridgehead atoms. The summed E-state index contributed by atoms with van der Waals surface area (Å²) in [5.41, 5.74) is 2.95. The predicted molar refractivity (Wildman–Crippen MR) is 106 cm³/mol. The Hall–Kier alpha value is -2.60. The fraction of sp³-hybridized carbons (Fsp3) is 0.455. The van der Waals surface area contributed by atoms with Crippen molar-refractivity contribution in [3.05, 3.63) is 58.9 Å². The third-order valence-electron chi connectivity index (χ3n) is 5.55. The van der Waals surface area contributed by atoms with Crippen LogP contribution in [0.3, 0.4) is 0 Å². The number of nitrogens with one attached hydrogen (secondary N) is 2. The van der Waals surface area contributed by atoms with Gasteiger partial charge in [-0.1, -0.05) is 37.3 Å². The number of nitrogens with zero attached hydrogens (tertiary/aromatic N) is 1. The average molecular weight is 381 g/mol. The number of benzene rings is 1. The van der Waals surface area contributed by atoms with E-state index in [1.165, 1.54) is 12.8 Å². The molecule has 0 spiro atoms. The number of carbonyl (C=O) groups is 2. The summed E-state index contributed by atoms with van der Waals surface area (Å²) in [7, 11) is 0. The summed E-state index contributed by atoms with van der Waals surface area (Å²) >= 11 is 0. The van der Waals surface area contributed by atoms with E-state index in [-0.39, 0.29) is 17.9 Å². The summed E-state index contributed by atoms with van der Waals surface area (Å²) in [5, 5.41) is 6.13. The Labute approximate surface area is 165 Å². The highest BCUT2D eigenvalue weighted by molar-refractivity contribution is 6.00. The summed E-state index contributed by atoms with van der Waals surface area (Å²) < 4.78 is 7.49. The van der Waals surface area contributed by atoms with Gasteiger partial charge in [0.2, 0.25) is 0 Å². The zero-order valence-corrected chi connectivity index (χ0v) is 16.2. The second kappa shape index (κ2) is 8.19. The molecule has 6 heteroatoms. The lowest BCUT2D eigenvalue weighted by atomic mass is 10.0. The van der Waals surface area contributed by atoms with Gasteiger partial charge in [0.25, 0.3) is 11.8 Å². The van der Waals surface area contributed by atoms with Crippen LogP contribution in [-0.2, 0) is 17.9 Å². The average Bonchev–Trinajstić information content (AvgIpc) is 3.49. The topological polar surface area (TPSA) is 72.4 Å². The predicted octanol–water partition coefficient (Wildman–Crippen LogP) is 3.04. The van der Waals surface area contributed by atoms with Crippen molar-refractivity contribution in [2.75, 3.05) is 13.2 Å². The Bertz CT molecular complexity index is 855. The van der Waals surface area contributed by atoms with Gasteiger partial charge >= 0.3 is 0 Å². The number of carbonyl (C=O) groups excluding carboxylic acids is 2. The van der Waals surface area contributed by atoms with Crippen molar-refractivity contribution in [3.8, 4) is 0 Å². The van der Waals surface area contributed by atoms with E-state index in [0.29, 0.717) is 43.5 Å². The molecule has 28 heavy (non-hydrogen) atoms. The number of rotatable bonds is 7. The summed E-state index contributed by atoms with van der Waals surface area (Å²) in [6.45, 7) is 4.24. The number of hydrogen-bond donors (Lipinski definition) is 2. The molecule has 1 atom stereocenters. The van der Waals surface area contributed by atoms with Gasteiger partial charge < -0.3 is 19.9 Å².